The smallest absolute Gasteiger partial charge is 0.152 e. The normalized spacial score (nSPS) is 10.7. The Bertz CT molecular complexity index is 472. The number of aromatic nitrogens is 3. The van der Waals surface area contributed by atoms with Gasteiger partial charge < -0.3 is 0 Å². The van der Waals surface area contributed by atoms with Crippen molar-refractivity contribution >= 4 is 23.2 Å². The molecular formula is C11H11Cl2N3. The van der Waals surface area contributed by atoms with Crippen LogP contribution in [0.3, 0.4) is 0 Å². The van der Waals surface area contributed by atoms with Crippen molar-refractivity contribution < 1.29 is 0 Å². The van der Waals surface area contributed by atoms with Crippen molar-refractivity contribution in [2.45, 2.75) is 19.2 Å². The van der Waals surface area contributed by atoms with Crippen molar-refractivity contribution in [1.82, 2.24) is 14.8 Å². The van der Waals surface area contributed by atoms with E-state index in [1.165, 1.54) is 0 Å². The van der Waals surface area contributed by atoms with E-state index in [0.717, 1.165) is 17.9 Å². The minimum atomic E-state index is 0.318. The number of aryl methyl sites for hydroxylation is 1. The van der Waals surface area contributed by atoms with Crippen molar-refractivity contribution in [3.8, 4) is 5.69 Å². The predicted octanol–water partition coefficient (Wildman–Crippen LogP) is 3.22. The van der Waals surface area contributed by atoms with Crippen LogP contribution in [0.1, 0.15) is 18.6 Å². The standard InChI is InChI=1S/C11H11Cl2N3/c1-2-10-14-15-11(7-12)16(10)9-6-4-3-5-8(9)13/h3-6H,2,7H2,1H3. The van der Waals surface area contributed by atoms with Crippen LogP contribution in [-0.2, 0) is 12.3 Å². The molecule has 0 saturated heterocycles. The van der Waals surface area contributed by atoms with Crippen molar-refractivity contribution in [3.05, 3.63) is 40.9 Å². The summed E-state index contributed by atoms with van der Waals surface area (Å²) in [6.07, 6.45) is 0.787. The maximum atomic E-state index is 6.15. The molecule has 0 aliphatic rings. The first-order chi connectivity index (χ1) is 7.77. The third kappa shape index (κ3) is 1.93. The molecule has 0 aliphatic carbocycles. The van der Waals surface area contributed by atoms with Gasteiger partial charge in [-0.2, -0.15) is 0 Å². The van der Waals surface area contributed by atoms with Gasteiger partial charge in [0.1, 0.15) is 5.82 Å². The molecule has 0 bridgehead atoms. The van der Waals surface area contributed by atoms with E-state index in [1.807, 2.05) is 35.8 Å². The van der Waals surface area contributed by atoms with Gasteiger partial charge in [0.05, 0.1) is 16.6 Å². The summed E-state index contributed by atoms with van der Waals surface area (Å²) in [6.45, 7) is 2.02. The monoisotopic (exact) mass is 255 g/mol. The van der Waals surface area contributed by atoms with E-state index in [4.69, 9.17) is 23.2 Å². The molecule has 3 nitrogen and oxygen atoms in total. The van der Waals surface area contributed by atoms with Crippen LogP contribution in [0.25, 0.3) is 5.69 Å². The Morgan fingerprint density at radius 3 is 2.50 bits per heavy atom. The van der Waals surface area contributed by atoms with Gasteiger partial charge in [-0.05, 0) is 12.1 Å². The fourth-order valence-electron chi connectivity index (χ4n) is 1.58. The third-order valence-corrected chi connectivity index (χ3v) is 2.88. The minimum Gasteiger partial charge on any atom is -0.280 e. The molecule has 1 heterocycles. The fourth-order valence-corrected chi connectivity index (χ4v) is 1.97. The number of hydrogen-bond acceptors (Lipinski definition) is 2. The van der Waals surface area contributed by atoms with Gasteiger partial charge in [-0.25, -0.2) is 0 Å². The quantitative estimate of drug-likeness (QED) is 0.789. The second-order valence-electron chi connectivity index (χ2n) is 3.31. The summed E-state index contributed by atoms with van der Waals surface area (Å²) >= 11 is 12.0. The number of halogens is 2. The van der Waals surface area contributed by atoms with Gasteiger partial charge in [0.25, 0.3) is 0 Å². The lowest BCUT2D eigenvalue weighted by molar-refractivity contribution is 0.868. The van der Waals surface area contributed by atoms with Crippen LogP contribution in [0.15, 0.2) is 24.3 Å². The molecule has 0 unspecified atom stereocenters. The molecule has 2 rings (SSSR count). The molecule has 0 aliphatic heterocycles. The largest absolute Gasteiger partial charge is 0.280 e. The Labute approximate surface area is 104 Å². The Morgan fingerprint density at radius 1 is 1.19 bits per heavy atom. The molecule has 0 radical (unpaired) electrons. The number of benzene rings is 1. The Morgan fingerprint density at radius 2 is 1.88 bits per heavy atom. The first-order valence-electron chi connectivity index (χ1n) is 5.02. The van der Waals surface area contributed by atoms with Crippen molar-refractivity contribution in [2.24, 2.45) is 0 Å². The Kier molecular flexibility index (Phi) is 3.46. The van der Waals surface area contributed by atoms with Crippen LogP contribution >= 0.6 is 23.2 Å². The van der Waals surface area contributed by atoms with E-state index < -0.39 is 0 Å². The van der Waals surface area contributed by atoms with Gasteiger partial charge in [0.15, 0.2) is 5.82 Å². The zero-order valence-corrected chi connectivity index (χ0v) is 10.3. The number of rotatable bonds is 3. The average molecular weight is 256 g/mol. The fraction of sp³-hybridized carbons (Fsp3) is 0.273. The Balaban J connectivity index is 2.62. The van der Waals surface area contributed by atoms with Gasteiger partial charge in [-0.3, -0.25) is 4.57 Å². The molecule has 1 aromatic carbocycles. The molecule has 84 valence electrons. The minimum absolute atomic E-state index is 0.318. The van der Waals surface area contributed by atoms with E-state index in [1.54, 1.807) is 0 Å². The van der Waals surface area contributed by atoms with Crippen LogP contribution in [0.4, 0.5) is 0 Å². The first kappa shape index (κ1) is 11.4. The van der Waals surface area contributed by atoms with Crippen molar-refractivity contribution in [3.63, 3.8) is 0 Å². The van der Waals surface area contributed by atoms with Gasteiger partial charge in [0, 0.05) is 6.42 Å². The van der Waals surface area contributed by atoms with Gasteiger partial charge >= 0.3 is 0 Å². The lowest BCUT2D eigenvalue weighted by Gasteiger charge is -2.09. The van der Waals surface area contributed by atoms with E-state index >= 15 is 0 Å². The van der Waals surface area contributed by atoms with Crippen LogP contribution < -0.4 is 0 Å². The highest BCUT2D eigenvalue weighted by Gasteiger charge is 2.13. The van der Waals surface area contributed by atoms with E-state index in [0.29, 0.717) is 16.7 Å². The maximum Gasteiger partial charge on any atom is 0.152 e. The molecule has 0 saturated carbocycles. The Hall–Kier alpha value is -1.06. The topological polar surface area (TPSA) is 30.7 Å². The molecule has 0 N–H and O–H groups in total. The summed E-state index contributed by atoms with van der Waals surface area (Å²) in [5, 5.41) is 8.81. The number of nitrogens with zero attached hydrogens (tertiary/aromatic N) is 3. The number of para-hydroxylation sites is 1. The van der Waals surface area contributed by atoms with Gasteiger partial charge in [-0.1, -0.05) is 30.7 Å². The molecular weight excluding hydrogens is 245 g/mol. The highest BCUT2D eigenvalue weighted by Crippen LogP contribution is 2.23. The van der Waals surface area contributed by atoms with E-state index in [2.05, 4.69) is 10.2 Å². The van der Waals surface area contributed by atoms with Crippen molar-refractivity contribution in [2.75, 3.05) is 0 Å². The second kappa shape index (κ2) is 4.85. The van der Waals surface area contributed by atoms with Crippen molar-refractivity contribution in [1.29, 1.82) is 0 Å². The molecule has 16 heavy (non-hydrogen) atoms. The molecule has 5 heteroatoms. The lowest BCUT2D eigenvalue weighted by atomic mass is 10.3. The zero-order valence-electron chi connectivity index (χ0n) is 8.82. The number of hydrogen-bond donors (Lipinski definition) is 0. The molecule has 0 fully saturated rings. The maximum absolute atomic E-state index is 6.15. The molecule has 0 spiro atoms. The van der Waals surface area contributed by atoms with E-state index in [9.17, 15) is 0 Å². The summed E-state index contributed by atoms with van der Waals surface area (Å²) in [7, 11) is 0. The molecule has 1 aromatic heterocycles. The third-order valence-electron chi connectivity index (χ3n) is 2.33. The average Bonchev–Trinajstić information content (AvgIpc) is 2.72. The van der Waals surface area contributed by atoms with Crippen LogP contribution in [0, 0.1) is 0 Å². The number of alkyl halides is 1. The zero-order chi connectivity index (χ0) is 11.5. The van der Waals surface area contributed by atoms with Crippen LogP contribution in [0.5, 0.6) is 0 Å². The highest BCUT2D eigenvalue weighted by atomic mass is 35.5. The highest BCUT2D eigenvalue weighted by molar-refractivity contribution is 6.32. The van der Waals surface area contributed by atoms with Crippen LogP contribution in [0.2, 0.25) is 5.02 Å². The molecule has 0 atom stereocenters. The summed E-state index contributed by atoms with van der Waals surface area (Å²) in [6, 6.07) is 7.59. The van der Waals surface area contributed by atoms with E-state index in [-0.39, 0.29) is 0 Å². The summed E-state index contributed by atoms with van der Waals surface area (Å²) in [4.78, 5) is 0. The lowest BCUT2D eigenvalue weighted by Crippen LogP contribution is -2.04. The SMILES string of the molecule is CCc1nnc(CCl)n1-c1ccccc1Cl. The predicted molar refractivity (Wildman–Crippen MR) is 65.3 cm³/mol. The summed E-state index contributed by atoms with van der Waals surface area (Å²) in [5.74, 6) is 1.90. The first-order valence-corrected chi connectivity index (χ1v) is 5.93. The van der Waals surface area contributed by atoms with Gasteiger partial charge in [0.2, 0.25) is 0 Å². The summed E-state index contributed by atoms with van der Waals surface area (Å²) in [5.41, 5.74) is 0.877. The van der Waals surface area contributed by atoms with Crippen LogP contribution in [-0.4, -0.2) is 14.8 Å². The second-order valence-corrected chi connectivity index (χ2v) is 3.98. The molecule has 0 amide bonds. The molecule has 2 aromatic rings. The summed E-state index contributed by atoms with van der Waals surface area (Å²) < 4.78 is 1.91. The van der Waals surface area contributed by atoms with Gasteiger partial charge in [-0.15, -0.1) is 21.8 Å².